The normalized spacial score (nSPS) is 20.2. The second-order valence-electron chi connectivity index (χ2n) is 9.39. The van der Waals surface area contributed by atoms with Gasteiger partial charge in [-0.25, -0.2) is 0 Å². The van der Waals surface area contributed by atoms with Crippen LogP contribution in [0.1, 0.15) is 34.9 Å². The maximum Gasteiger partial charge on any atom is 0.302 e. The van der Waals surface area contributed by atoms with E-state index in [1.54, 1.807) is 24.8 Å². The summed E-state index contributed by atoms with van der Waals surface area (Å²) in [6, 6.07) is 28.7. The number of aryl methyl sites for hydroxylation is 1. The van der Waals surface area contributed by atoms with Gasteiger partial charge < -0.3 is 18.9 Å². The number of nitrogens with zero attached hydrogens (tertiary/aromatic N) is 2. The van der Waals surface area contributed by atoms with Crippen molar-refractivity contribution in [2.45, 2.75) is 37.4 Å². The summed E-state index contributed by atoms with van der Waals surface area (Å²) in [7, 11) is 1.66. The molecule has 0 spiro atoms. The van der Waals surface area contributed by atoms with E-state index in [2.05, 4.69) is 29.2 Å². The van der Waals surface area contributed by atoms with Crippen molar-refractivity contribution in [3.05, 3.63) is 124 Å². The van der Waals surface area contributed by atoms with Crippen LogP contribution in [0.15, 0.2) is 95.9 Å². The van der Waals surface area contributed by atoms with E-state index in [9.17, 15) is 4.79 Å². The number of fused-ring (bicyclic) bond motifs is 4. The highest BCUT2D eigenvalue weighted by molar-refractivity contribution is 5.48. The molecule has 0 N–H and O–H groups in total. The fraction of sp³-hybridized carbons (Fsp3) is 0.267. The monoisotopic (exact) mass is 496 g/mol. The third-order valence-corrected chi connectivity index (χ3v) is 7.16. The summed E-state index contributed by atoms with van der Waals surface area (Å²) in [6.07, 6.45) is 1.56. The second kappa shape index (κ2) is 9.50. The van der Waals surface area contributed by atoms with Gasteiger partial charge in [0.2, 0.25) is 0 Å². The van der Waals surface area contributed by atoms with Crippen molar-refractivity contribution in [2.24, 2.45) is 0 Å². The highest BCUT2D eigenvalue weighted by atomic mass is 16.6. The molecule has 2 bridgehead atoms. The van der Waals surface area contributed by atoms with Gasteiger partial charge in [0.15, 0.2) is 0 Å². The molecule has 0 saturated carbocycles. The molecule has 7 nitrogen and oxygen atoms in total. The highest BCUT2D eigenvalue weighted by Crippen LogP contribution is 2.43. The van der Waals surface area contributed by atoms with E-state index in [0.717, 1.165) is 22.4 Å². The summed E-state index contributed by atoms with van der Waals surface area (Å²) in [5, 5.41) is 0. The van der Waals surface area contributed by atoms with E-state index in [1.165, 1.54) is 0 Å². The van der Waals surface area contributed by atoms with Crippen molar-refractivity contribution in [1.29, 1.82) is 0 Å². The topological polar surface area (TPSA) is 71.8 Å². The molecule has 3 atom stereocenters. The lowest BCUT2D eigenvalue weighted by Gasteiger charge is -2.37. The van der Waals surface area contributed by atoms with Crippen molar-refractivity contribution in [2.75, 3.05) is 13.7 Å². The van der Waals surface area contributed by atoms with Gasteiger partial charge in [-0.15, -0.1) is 0 Å². The van der Waals surface area contributed by atoms with Gasteiger partial charge in [0.1, 0.15) is 29.8 Å². The predicted octanol–water partition coefficient (Wildman–Crippen LogP) is 4.62. The van der Waals surface area contributed by atoms with Crippen molar-refractivity contribution in [3.8, 4) is 11.8 Å². The van der Waals surface area contributed by atoms with Gasteiger partial charge in [-0.3, -0.25) is 9.36 Å². The van der Waals surface area contributed by atoms with Crippen LogP contribution in [-0.4, -0.2) is 35.5 Å². The minimum absolute atomic E-state index is 0.252. The van der Waals surface area contributed by atoms with E-state index < -0.39 is 5.60 Å². The smallest absolute Gasteiger partial charge is 0.302 e. The molecule has 6 rings (SSSR count). The van der Waals surface area contributed by atoms with E-state index in [4.69, 9.17) is 18.9 Å². The second-order valence-corrected chi connectivity index (χ2v) is 9.39. The molecule has 2 aliphatic heterocycles. The van der Waals surface area contributed by atoms with E-state index in [1.807, 2.05) is 60.7 Å². The minimum Gasteiger partial charge on any atom is -0.497 e. The Hall–Kier alpha value is -3.94. The van der Waals surface area contributed by atoms with Crippen LogP contribution in [0.3, 0.4) is 0 Å². The van der Waals surface area contributed by atoms with Gasteiger partial charge in [-0.2, -0.15) is 4.98 Å². The summed E-state index contributed by atoms with van der Waals surface area (Å²) in [5.74, 6) is 0.774. The van der Waals surface area contributed by atoms with Crippen LogP contribution in [0.25, 0.3) is 0 Å². The molecular formula is C30H28N2O5. The summed E-state index contributed by atoms with van der Waals surface area (Å²) >= 11 is 0. The average molecular weight is 497 g/mol. The zero-order valence-electron chi connectivity index (χ0n) is 20.7. The fourth-order valence-corrected chi connectivity index (χ4v) is 5.25. The number of aromatic nitrogens is 2. The van der Waals surface area contributed by atoms with Crippen LogP contribution >= 0.6 is 0 Å². The first-order chi connectivity index (χ1) is 18.1. The quantitative estimate of drug-likeness (QED) is 0.348. The van der Waals surface area contributed by atoms with E-state index in [-0.39, 0.29) is 30.6 Å². The molecule has 0 amide bonds. The molecule has 37 heavy (non-hydrogen) atoms. The van der Waals surface area contributed by atoms with Gasteiger partial charge in [-0.1, -0.05) is 72.8 Å². The van der Waals surface area contributed by atoms with Crippen molar-refractivity contribution < 1.29 is 18.9 Å². The lowest BCUT2D eigenvalue weighted by atomic mass is 9.80. The zero-order chi connectivity index (χ0) is 25.4. The van der Waals surface area contributed by atoms with Crippen LogP contribution < -0.4 is 15.0 Å². The van der Waals surface area contributed by atoms with Gasteiger partial charge >= 0.3 is 6.01 Å². The number of ether oxygens (including phenoxy) is 4. The first-order valence-corrected chi connectivity index (χ1v) is 12.4. The molecule has 3 heterocycles. The average Bonchev–Trinajstić information content (AvgIpc) is 3.28. The number of methoxy groups -OCH3 is 1. The molecule has 188 valence electrons. The molecule has 3 aromatic carbocycles. The van der Waals surface area contributed by atoms with Gasteiger partial charge in [0, 0.05) is 18.2 Å². The molecule has 4 aromatic rings. The standard InChI is InChI=1S/C30H28N2O5/c1-20-18-32-27-17-25(37-29(32)31-28(20)33)26(36-27)19-35-30(21-9-5-3-6-10-21,22-11-7-4-8-12-22)23-13-15-24(34-2)16-14-23/h3-16,18,25-27H,17,19H2,1-2H3/t25-,26-,27-/m1/s1. The molecule has 0 unspecified atom stereocenters. The van der Waals surface area contributed by atoms with Crippen molar-refractivity contribution in [3.63, 3.8) is 0 Å². The largest absolute Gasteiger partial charge is 0.497 e. The third kappa shape index (κ3) is 4.10. The molecule has 1 saturated heterocycles. The van der Waals surface area contributed by atoms with Crippen LogP contribution in [0.4, 0.5) is 0 Å². The Morgan fingerprint density at radius 1 is 0.946 bits per heavy atom. The van der Waals surface area contributed by atoms with Gasteiger partial charge in [-0.05, 0) is 35.7 Å². The highest BCUT2D eigenvalue weighted by Gasteiger charge is 2.46. The third-order valence-electron chi connectivity index (χ3n) is 7.16. The zero-order valence-corrected chi connectivity index (χ0v) is 20.7. The molecule has 2 aliphatic rings. The summed E-state index contributed by atoms with van der Waals surface area (Å²) < 4.78 is 26.7. The Bertz CT molecular complexity index is 1400. The Morgan fingerprint density at radius 3 is 2.19 bits per heavy atom. The Labute approximate surface area is 215 Å². The number of rotatable bonds is 7. The summed E-state index contributed by atoms with van der Waals surface area (Å²) in [4.78, 5) is 16.2. The molecule has 0 aliphatic carbocycles. The lowest BCUT2D eigenvalue weighted by molar-refractivity contribution is -0.0816. The van der Waals surface area contributed by atoms with Crippen LogP contribution in [0, 0.1) is 6.92 Å². The van der Waals surface area contributed by atoms with Crippen LogP contribution in [0.2, 0.25) is 0 Å². The maximum atomic E-state index is 12.1. The van der Waals surface area contributed by atoms with Gasteiger partial charge in [0.25, 0.3) is 5.56 Å². The molecule has 7 heteroatoms. The molecule has 1 fully saturated rings. The van der Waals surface area contributed by atoms with E-state index in [0.29, 0.717) is 18.0 Å². The Balaban J connectivity index is 1.38. The Kier molecular flexibility index (Phi) is 6.02. The molecule has 1 aromatic heterocycles. The van der Waals surface area contributed by atoms with Crippen molar-refractivity contribution >= 4 is 0 Å². The summed E-state index contributed by atoms with van der Waals surface area (Å²) in [5.41, 5.74) is 2.34. The maximum absolute atomic E-state index is 12.1. The summed E-state index contributed by atoms with van der Waals surface area (Å²) in [6.45, 7) is 2.02. The minimum atomic E-state index is -0.897. The van der Waals surface area contributed by atoms with Crippen LogP contribution in [0.5, 0.6) is 11.8 Å². The van der Waals surface area contributed by atoms with Gasteiger partial charge in [0.05, 0.1) is 13.7 Å². The first kappa shape index (κ1) is 23.5. The Morgan fingerprint density at radius 2 is 1.57 bits per heavy atom. The molecular weight excluding hydrogens is 468 g/mol. The SMILES string of the molecule is COc1ccc(C(OC[C@H]2O[C@@H]3C[C@H]2Oc2nc(=O)c(C)cn23)(c2ccccc2)c2ccccc2)cc1. The van der Waals surface area contributed by atoms with Crippen LogP contribution in [-0.2, 0) is 15.1 Å². The number of hydrogen-bond donors (Lipinski definition) is 0. The lowest BCUT2D eigenvalue weighted by Crippen LogP contribution is -2.39. The fourth-order valence-electron chi connectivity index (χ4n) is 5.25. The predicted molar refractivity (Wildman–Crippen MR) is 138 cm³/mol. The number of benzene rings is 3. The van der Waals surface area contributed by atoms with Crippen molar-refractivity contribution in [1.82, 2.24) is 9.55 Å². The van der Waals surface area contributed by atoms with E-state index >= 15 is 0 Å². The molecule has 0 radical (unpaired) electrons. The first-order valence-electron chi connectivity index (χ1n) is 12.4. The number of hydrogen-bond acceptors (Lipinski definition) is 6.